The molecule has 3 N–H and O–H groups in total. The first kappa shape index (κ1) is 11.5. The molecule has 1 atom stereocenters. The minimum atomic E-state index is -0.782. The van der Waals surface area contributed by atoms with Gasteiger partial charge in [-0.1, -0.05) is 6.07 Å². The van der Waals surface area contributed by atoms with Gasteiger partial charge in [-0.25, -0.2) is 0 Å². The first-order valence-corrected chi connectivity index (χ1v) is 4.71. The van der Waals surface area contributed by atoms with Crippen LogP contribution in [-0.2, 0) is 0 Å². The molecular weight excluding hydrogens is 192 g/mol. The molecule has 0 amide bonds. The van der Waals surface area contributed by atoms with E-state index < -0.39 is 6.10 Å². The van der Waals surface area contributed by atoms with Gasteiger partial charge in [0.1, 0.15) is 0 Å². The highest BCUT2D eigenvalue weighted by Gasteiger charge is 2.03. The zero-order chi connectivity index (χ0) is 11.3. The highest BCUT2D eigenvalue weighted by molar-refractivity contribution is 5.55. The van der Waals surface area contributed by atoms with Crippen LogP contribution in [0.15, 0.2) is 18.2 Å². The van der Waals surface area contributed by atoms with E-state index in [1.807, 2.05) is 19.1 Å². The van der Waals surface area contributed by atoms with Crippen molar-refractivity contribution in [1.82, 2.24) is 0 Å². The maximum Gasteiger partial charge on any atom is 0.0992 e. The van der Waals surface area contributed by atoms with E-state index in [4.69, 9.17) is 15.5 Å². The monoisotopic (exact) mass is 206 g/mol. The van der Waals surface area contributed by atoms with E-state index in [-0.39, 0.29) is 13.2 Å². The lowest BCUT2D eigenvalue weighted by atomic mass is 10.1. The lowest BCUT2D eigenvalue weighted by molar-refractivity contribution is 0.105. The van der Waals surface area contributed by atoms with Crippen LogP contribution in [0.3, 0.4) is 0 Å². The number of hydrogen-bond donors (Lipinski definition) is 3. The normalized spacial score (nSPS) is 11.9. The molecule has 4 heteroatoms. The van der Waals surface area contributed by atoms with Gasteiger partial charge >= 0.3 is 0 Å². The fourth-order valence-electron chi connectivity index (χ4n) is 1.17. The fourth-order valence-corrected chi connectivity index (χ4v) is 1.17. The Kier molecular flexibility index (Phi) is 4.10. The third kappa shape index (κ3) is 3.24. The van der Waals surface area contributed by atoms with Crippen molar-refractivity contribution in [3.63, 3.8) is 0 Å². The van der Waals surface area contributed by atoms with Crippen molar-refractivity contribution < 1.29 is 10.2 Å². The summed E-state index contributed by atoms with van der Waals surface area (Å²) in [6.45, 7) is 1.91. The van der Waals surface area contributed by atoms with Crippen LogP contribution in [0.4, 0.5) is 5.69 Å². The number of nitriles is 1. The number of rotatable bonds is 4. The number of hydrogen-bond acceptors (Lipinski definition) is 4. The van der Waals surface area contributed by atoms with Crippen LogP contribution in [0.5, 0.6) is 0 Å². The fraction of sp³-hybridized carbons (Fsp3) is 0.364. The third-order valence-electron chi connectivity index (χ3n) is 2.11. The number of aryl methyl sites for hydroxylation is 1. The highest BCUT2D eigenvalue weighted by Crippen LogP contribution is 2.16. The van der Waals surface area contributed by atoms with Crippen LogP contribution in [-0.4, -0.2) is 29.5 Å². The van der Waals surface area contributed by atoms with Gasteiger partial charge in [0.2, 0.25) is 0 Å². The van der Waals surface area contributed by atoms with Crippen LogP contribution in [0, 0.1) is 18.3 Å². The Morgan fingerprint density at radius 1 is 1.53 bits per heavy atom. The molecule has 80 valence electrons. The van der Waals surface area contributed by atoms with Crippen molar-refractivity contribution in [3.8, 4) is 6.07 Å². The van der Waals surface area contributed by atoms with Crippen molar-refractivity contribution in [2.24, 2.45) is 0 Å². The van der Waals surface area contributed by atoms with Gasteiger partial charge in [-0.15, -0.1) is 0 Å². The average Bonchev–Trinajstić information content (AvgIpc) is 2.27. The summed E-state index contributed by atoms with van der Waals surface area (Å²) >= 11 is 0. The Bertz CT molecular complexity index is 371. The summed E-state index contributed by atoms with van der Waals surface area (Å²) in [5.74, 6) is 0. The molecule has 0 radical (unpaired) electrons. The Hall–Kier alpha value is -1.57. The van der Waals surface area contributed by atoms with E-state index in [0.29, 0.717) is 5.56 Å². The number of anilines is 1. The van der Waals surface area contributed by atoms with Gasteiger partial charge in [0.05, 0.1) is 24.3 Å². The predicted molar refractivity (Wildman–Crippen MR) is 57.5 cm³/mol. The van der Waals surface area contributed by atoms with Crippen LogP contribution < -0.4 is 5.32 Å². The first-order chi connectivity index (χ1) is 7.17. The molecule has 0 saturated carbocycles. The summed E-state index contributed by atoms with van der Waals surface area (Å²) < 4.78 is 0. The van der Waals surface area contributed by atoms with Gasteiger partial charge in [-0.3, -0.25) is 0 Å². The second kappa shape index (κ2) is 5.35. The Morgan fingerprint density at radius 3 is 2.87 bits per heavy atom. The van der Waals surface area contributed by atoms with Crippen molar-refractivity contribution >= 4 is 5.69 Å². The summed E-state index contributed by atoms with van der Waals surface area (Å²) in [5.41, 5.74) is 2.38. The van der Waals surface area contributed by atoms with E-state index in [0.717, 1.165) is 11.3 Å². The molecule has 0 aliphatic rings. The summed E-state index contributed by atoms with van der Waals surface area (Å²) in [5, 5.41) is 29.5. The van der Waals surface area contributed by atoms with Crippen molar-refractivity contribution in [1.29, 1.82) is 5.26 Å². The first-order valence-electron chi connectivity index (χ1n) is 4.71. The SMILES string of the molecule is Cc1ccc(C#N)cc1NC[C@H](O)CO. The largest absolute Gasteiger partial charge is 0.394 e. The van der Waals surface area contributed by atoms with E-state index >= 15 is 0 Å². The average molecular weight is 206 g/mol. The second-order valence-electron chi connectivity index (χ2n) is 3.36. The van der Waals surface area contributed by atoms with Crippen LogP contribution in [0.1, 0.15) is 11.1 Å². The van der Waals surface area contributed by atoms with Gasteiger partial charge in [-0.2, -0.15) is 5.26 Å². The molecule has 0 spiro atoms. The Labute approximate surface area is 88.8 Å². The van der Waals surface area contributed by atoms with E-state index in [2.05, 4.69) is 5.32 Å². The number of aliphatic hydroxyl groups excluding tert-OH is 2. The second-order valence-corrected chi connectivity index (χ2v) is 3.36. The Morgan fingerprint density at radius 2 is 2.27 bits per heavy atom. The van der Waals surface area contributed by atoms with Crippen LogP contribution >= 0.6 is 0 Å². The molecule has 0 heterocycles. The van der Waals surface area contributed by atoms with Gasteiger partial charge in [0.15, 0.2) is 0 Å². The minimum absolute atomic E-state index is 0.270. The van der Waals surface area contributed by atoms with Crippen molar-refractivity contribution in [2.45, 2.75) is 13.0 Å². The molecule has 0 aromatic heterocycles. The zero-order valence-corrected chi connectivity index (χ0v) is 8.57. The molecule has 1 rings (SSSR count). The van der Waals surface area contributed by atoms with E-state index in [1.54, 1.807) is 12.1 Å². The van der Waals surface area contributed by atoms with Crippen molar-refractivity contribution in [3.05, 3.63) is 29.3 Å². The molecule has 0 bridgehead atoms. The maximum atomic E-state index is 9.16. The number of aliphatic hydroxyl groups is 2. The third-order valence-corrected chi connectivity index (χ3v) is 2.11. The zero-order valence-electron chi connectivity index (χ0n) is 8.57. The predicted octanol–water partition coefficient (Wildman–Crippen LogP) is 0.632. The molecule has 0 aliphatic carbocycles. The standard InChI is InChI=1S/C11H14N2O2/c1-8-2-3-9(5-12)4-11(8)13-6-10(15)7-14/h2-4,10,13-15H,6-7H2,1H3/t10-/m0/s1. The van der Waals surface area contributed by atoms with Gasteiger partial charge in [-0.05, 0) is 24.6 Å². The number of nitrogens with zero attached hydrogens (tertiary/aromatic N) is 1. The molecular formula is C11H14N2O2. The van der Waals surface area contributed by atoms with E-state index in [9.17, 15) is 0 Å². The number of benzene rings is 1. The smallest absolute Gasteiger partial charge is 0.0992 e. The lowest BCUT2D eigenvalue weighted by Crippen LogP contribution is -2.23. The van der Waals surface area contributed by atoms with Crippen LogP contribution in [0.2, 0.25) is 0 Å². The molecule has 15 heavy (non-hydrogen) atoms. The van der Waals surface area contributed by atoms with Gasteiger partial charge < -0.3 is 15.5 Å². The van der Waals surface area contributed by atoms with Gasteiger partial charge in [0.25, 0.3) is 0 Å². The Balaban J connectivity index is 2.72. The van der Waals surface area contributed by atoms with Crippen LogP contribution in [0.25, 0.3) is 0 Å². The summed E-state index contributed by atoms with van der Waals surface area (Å²) in [4.78, 5) is 0. The molecule has 0 aliphatic heterocycles. The molecule has 0 unspecified atom stereocenters. The van der Waals surface area contributed by atoms with Crippen molar-refractivity contribution in [2.75, 3.05) is 18.5 Å². The highest BCUT2D eigenvalue weighted by atomic mass is 16.3. The maximum absolute atomic E-state index is 9.16. The summed E-state index contributed by atoms with van der Waals surface area (Å²) in [7, 11) is 0. The summed E-state index contributed by atoms with van der Waals surface area (Å²) in [6.07, 6.45) is -0.782. The lowest BCUT2D eigenvalue weighted by Gasteiger charge is -2.12. The molecule has 1 aromatic carbocycles. The number of nitrogens with one attached hydrogen (secondary N) is 1. The molecule has 4 nitrogen and oxygen atoms in total. The molecule has 1 aromatic rings. The minimum Gasteiger partial charge on any atom is -0.394 e. The molecule has 0 saturated heterocycles. The van der Waals surface area contributed by atoms with Gasteiger partial charge in [0, 0.05) is 12.2 Å². The topological polar surface area (TPSA) is 76.3 Å². The molecule has 0 fully saturated rings. The summed E-state index contributed by atoms with van der Waals surface area (Å²) in [6, 6.07) is 7.34. The quantitative estimate of drug-likeness (QED) is 0.675. The van der Waals surface area contributed by atoms with E-state index in [1.165, 1.54) is 0 Å².